The molecule has 0 bridgehead atoms. The van der Waals surface area contributed by atoms with Crippen LogP contribution in [0, 0.1) is 11.3 Å². The van der Waals surface area contributed by atoms with E-state index in [0.717, 1.165) is 0 Å². The molecule has 0 aliphatic rings. The number of hydrogen-bond acceptors (Lipinski definition) is 5. The van der Waals surface area contributed by atoms with Crippen LogP contribution in [0.5, 0.6) is 0 Å². The van der Waals surface area contributed by atoms with E-state index in [0.29, 0.717) is 10.6 Å². The van der Waals surface area contributed by atoms with Crippen molar-refractivity contribution in [3.05, 3.63) is 17.0 Å². The number of anilines is 1. The van der Waals surface area contributed by atoms with Crippen LogP contribution in [-0.4, -0.2) is 29.1 Å². The van der Waals surface area contributed by atoms with E-state index in [4.69, 9.17) is 10.4 Å². The smallest absolute Gasteiger partial charge is 0.323 e. The van der Waals surface area contributed by atoms with Gasteiger partial charge in [0.1, 0.15) is 16.6 Å². The summed E-state index contributed by atoms with van der Waals surface area (Å²) in [6.45, 7) is 2.80. The van der Waals surface area contributed by atoms with Gasteiger partial charge in [-0.25, -0.2) is 0 Å². The molecule has 96 valence electrons. The summed E-state index contributed by atoms with van der Waals surface area (Å²) >= 11 is 1.24. The van der Waals surface area contributed by atoms with E-state index in [9.17, 15) is 9.59 Å². The van der Waals surface area contributed by atoms with Gasteiger partial charge in [-0.2, -0.15) is 5.26 Å². The van der Waals surface area contributed by atoms with Crippen molar-refractivity contribution < 1.29 is 14.7 Å². The highest BCUT2D eigenvalue weighted by atomic mass is 32.1. The molecule has 1 rings (SSSR count). The number of carbonyl (C=O) groups is 2. The number of carboxylic acids is 1. The lowest BCUT2D eigenvalue weighted by Gasteiger charge is -2.20. The Bertz CT molecular complexity index is 502. The van der Waals surface area contributed by atoms with Gasteiger partial charge >= 0.3 is 5.97 Å². The van der Waals surface area contributed by atoms with E-state index < -0.39 is 11.5 Å². The first-order valence-corrected chi connectivity index (χ1v) is 6.00. The topological polar surface area (TPSA) is 102 Å². The quantitative estimate of drug-likeness (QED) is 0.739. The Balaban J connectivity index is 2.54. The number of hydrogen-bond donors (Lipinski definition) is 3. The van der Waals surface area contributed by atoms with Crippen LogP contribution >= 0.6 is 11.3 Å². The van der Waals surface area contributed by atoms with Gasteiger partial charge in [-0.1, -0.05) is 0 Å². The van der Waals surface area contributed by atoms with Crippen LogP contribution in [0.15, 0.2) is 11.4 Å². The molecular formula is C11H13N3O3S. The first kappa shape index (κ1) is 14.2. The predicted octanol–water partition coefficient (Wildman–Crippen LogP) is 1.01. The summed E-state index contributed by atoms with van der Waals surface area (Å²) in [5, 5.41) is 25.0. The van der Waals surface area contributed by atoms with Crippen LogP contribution in [0.1, 0.15) is 19.4 Å². The maximum absolute atomic E-state index is 11.6. The lowest BCUT2D eigenvalue weighted by atomic mass is 10.1. The highest BCUT2D eigenvalue weighted by Crippen LogP contribution is 2.21. The van der Waals surface area contributed by atoms with E-state index in [1.807, 2.05) is 6.07 Å². The van der Waals surface area contributed by atoms with Gasteiger partial charge in [-0.3, -0.25) is 14.9 Å². The van der Waals surface area contributed by atoms with Crippen LogP contribution in [0.2, 0.25) is 0 Å². The van der Waals surface area contributed by atoms with Crippen LogP contribution in [0.3, 0.4) is 0 Å². The highest BCUT2D eigenvalue weighted by molar-refractivity contribution is 7.14. The molecule has 6 nitrogen and oxygen atoms in total. The molecule has 0 saturated carbocycles. The van der Waals surface area contributed by atoms with Crippen LogP contribution in [-0.2, 0) is 9.59 Å². The van der Waals surface area contributed by atoms with E-state index in [1.165, 1.54) is 25.2 Å². The summed E-state index contributed by atoms with van der Waals surface area (Å²) < 4.78 is 0. The molecule has 0 saturated heterocycles. The van der Waals surface area contributed by atoms with Crippen LogP contribution in [0.25, 0.3) is 0 Å². The van der Waals surface area contributed by atoms with Crippen molar-refractivity contribution in [1.29, 1.82) is 5.26 Å². The summed E-state index contributed by atoms with van der Waals surface area (Å²) in [6, 6.07) is 3.56. The van der Waals surface area contributed by atoms with Gasteiger partial charge in [0.05, 0.1) is 12.1 Å². The van der Waals surface area contributed by atoms with Gasteiger partial charge in [0, 0.05) is 0 Å². The molecule has 1 aromatic rings. The van der Waals surface area contributed by atoms with Crippen LogP contribution < -0.4 is 10.6 Å². The molecule has 1 amide bonds. The largest absolute Gasteiger partial charge is 0.480 e. The maximum atomic E-state index is 11.6. The minimum Gasteiger partial charge on any atom is -0.480 e. The number of amides is 1. The Morgan fingerprint density at radius 1 is 1.56 bits per heavy atom. The Labute approximate surface area is 108 Å². The maximum Gasteiger partial charge on any atom is 0.323 e. The fourth-order valence-corrected chi connectivity index (χ4v) is 1.80. The number of carbonyl (C=O) groups excluding carboxylic acids is 1. The van der Waals surface area contributed by atoms with Gasteiger partial charge < -0.3 is 10.4 Å². The molecule has 1 heterocycles. The number of carboxylic acid groups (broad SMARTS) is 1. The molecule has 0 aliphatic heterocycles. The van der Waals surface area contributed by atoms with Crippen molar-refractivity contribution in [2.45, 2.75) is 19.4 Å². The lowest BCUT2D eigenvalue weighted by molar-refractivity contribution is -0.143. The minimum absolute atomic E-state index is 0.137. The molecule has 0 aromatic carbocycles. The van der Waals surface area contributed by atoms with Crippen molar-refractivity contribution in [2.24, 2.45) is 0 Å². The number of nitrogens with one attached hydrogen (secondary N) is 2. The lowest BCUT2D eigenvalue weighted by Crippen LogP contribution is -2.49. The van der Waals surface area contributed by atoms with Crippen molar-refractivity contribution >= 4 is 28.2 Å². The molecular weight excluding hydrogens is 254 g/mol. The third kappa shape index (κ3) is 3.55. The van der Waals surface area contributed by atoms with Gasteiger partial charge in [0.2, 0.25) is 5.91 Å². The van der Waals surface area contributed by atoms with E-state index in [-0.39, 0.29) is 12.5 Å². The van der Waals surface area contributed by atoms with Gasteiger partial charge in [0.15, 0.2) is 0 Å². The molecule has 7 heteroatoms. The number of nitrogens with zero attached hydrogens (tertiary/aromatic N) is 1. The highest BCUT2D eigenvalue weighted by Gasteiger charge is 2.26. The fourth-order valence-electron chi connectivity index (χ4n) is 1.04. The van der Waals surface area contributed by atoms with Crippen molar-refractivity contribution in [1.82, 2.24) is 5.32 Å². The first-order chi connectivity index (χ1) is 8.36. The summed E-state index contributed by atoms with van der Waals surface area (Å²) in [5.74, 6) is -1.42. The van der Waals surface area contributed by atoms with Crippen LogP contribution in [0.4, 0.5) is 5.00 Å². The molecule has 0 radical (unpaired) electrons. The zero-order chi connectivity index (χ0) is 13.8. The van der Waals surface area contributed by atoms with Crippen molar-refractivity contribution in [3.63, 3.8) is 0 Å². The Hall–Kier alpha value is -1.91. The standard InChI is InChI=1S/C11H13N3O3S/c1-11(2,10(16)17)13-6-8(15)14-9-7(5-12)3-4-18-9/h3-4,13H,6H2,1-2H3,(H,14,15)(H,16,17). The average Bonchev–Trinajstić information content (AvgIpc) is 2.73. The molecule has 1 aromatic heterocycles. The van der Waals surface area contributed by atoms with Gasteiger partial charge in [0.25, 0.3) is 0 Å². The number of rotatable bonds is 5. The zero-order valence-electron chi connectivity index (χ0n) is 9.98. The molecule has 0 unspecified atom stereocenters. The van der Waals surface area contributed by atoms with Crippen molar-refractivity contribution in [2.75, 3.05) is 11.9 Å². The number of aliphatic carboxylic acids is 1. The van der Waals surface area contributed by atoms with E-state index in [1.54, 1.807) is 11.4 Å². The fraction of sp³-hybridized carbons (Fsp3) is 0.364. The van der Waals surface area contributed by atoms with Gasteiger partial charge in [-0.05, 0) is 25.3 Å². The second-order valence-corrected chi connectivity index (χ2v) is 5.02. The average molecular weight is 267 g/mol. The SMILES string of the molecule is CC(C)(NCC(=O)Nc1sccc1C#N)C(=O)O. The predicted molar refractivity (Wildman–Crippen MR) is 67.4 cm³/mol. The minimum atomic E-state index is -1.18. The third-order valence-electron chi connectivity index (χ3n) is 2.26. The summed E-state index contributed by atoms with van der Waals surface area (Å²) in [6.07, 6.45) is 0. The van der Waals surface area contributed by atoms with E-state index >= 15 is 0 Å². The first-order valence-electron chi connectivity index (χ1n) is 5.12. The van der Waals surface area contributed by atoms with Crippen molar-refractivity contribution in [3.8, 4) is 6.07 Å². The summed E-state index contributed by atoms with van der Waals surface area (Å²) in [4.78, 5) is 22.4. The molecule has 0 aliphatic carbocycles. The molecule has 0 fully saturated rings. The third-order valence-corrected chi connectivity index (χ3v) is 3.09. The molecule has 0 atom stereocenters. The Morgan fingerprint density at radius 3 is 2.78 bits per heavy atom. The number of thiophene rings is 1. The molecule has 18 heavy (non-hydrogen) atoms. The summed E-state index contributed by atoms with van der Waals surface area (Å²) in [5.41, 5.74) is -0.781. The van der Waals surface area contributed by atoms with E-state index in [2.05, 4.69) is 10.6 Å². The normalized spacial score (nSPS) is 10.7. The Morgan fingerprint density at radius 2 is 2.22 bits per heavy atom. The molecule has 3 N–H and O–H groups in total. The molecule has 0 spiro atoms. The second kappa shape index (κ2) is 5.62. The monoisotopic (exact) mass is 267 g/mol. The summed E-state index contributed by atoms with van der Waals surface area (Å²) in [7, 11) is 0. The second-order valence-electron chi connectivity index (χ2n) is 4.11. The van der Waals surface area contributed by atoms with Gasteiger partial charge in [-0.15, -0.1) is 11.3 Å². The number of nitriles is 1. The Kier molecular flexibility index (Phi) is 4.42. The zero-order valence-corrected chi connectivity index (χ0v) is 10.8.